The Hall–Kier alpha value is -0.860. The van der Waals surface area contributed by atoms with Crippen LogP contribution in [0, 0.1) is 0 Å². The molecule has 2 nitrogen and oxygen atoms in total. The predicted octanol–water partition coefficient (Wildman–Crippen LogP) is 1.52. The van der Waals surface area contributed by atoms with Crippen molar-refractivity contribution in [1.82, 2.24) is 10.2 Å². The van der Waals surface area contributed by atoms with Crippen molar-refractivity contribution in [1.29, 1.82) is 0 Å². The molecule has 2 heteroatoms. The van der Waals surface area contributed by atoms with Crippen molar-refractivity contribution in [3.05, 3.63) is 35.9 Å². The predicted molar refractivity (Wildman–Crippen MR) is 64.1 cm³/mol. The van der Waals surface area contributed by atoms with Gasteiger partial charge < -0.3 is 10.2 Å². The van der Waals surface area contributed by atoms with Gasteiger partial charge in [-0.25, -0.2) is 0 Å². The lowest BCUT2D eigenvalue weighted by Crippen LogP contribution is -2.32. The summed E-state index contributed by atoms with van der Waals surface area (Å²) in [6, 6.07) is 11.4. The van der Waals surface area contributed by atoms with E-state index in [1.54, 1.807) is 0 Å². The van der Waals surface area contributed by atoms with E-state index >= 15 is 0 Å². The van der Waals surface area contributed by atoms with Gasteiger partial charge in [0.2, 0.25) is 0 Å². The van der Waals surface area contributed by atoms with Crippen molar-refractivity contribution in [3.63, 3.8) is 0 Å². The molecule has 1 N–H and O–H groups in total. The molecule has 1 aromatic carbocycles. The second kappa shape index (κ2) is 5.29. The SMILES string of the molecule is CN1CC[C@H](NCCc2ccccc2)C1. The molecule has 1 saturated heterocycles. The Morgan fingerprint density at radius 1 is 1.33 bits per heavy atom. The van der Waals surface area contributed by atoms with Crippen LogP contribution in [0.2, 0.25) is 0 Å². The van der Waals surface area contributed by atoms with Crippen LogP contribution in [-0.2, 0) is 6.42 Å². The second-order valence-electron chi connectivity index (χ2n) is 4.44. The Kier molecular flexibility index (Phi) is 3.75. The molecular formula is C13H20N2. The fourth-order valence-corrected chi connectivity index (χ4v) is 2.17. The minimum atomic E-state index is 0.707. The molecule has 0 saturated carbocycles. The van der Waals surface area contributed by atoms with Crippen molar-refractivity contribution in [2.75, 3.05) is 26.7 Å². The summed E-state index contributed by atoms with van der Waals surface area (Å²) in [5, 5.41) is 3.62. The lowest BCUT2D eigenvalue weighted by molar-refractivity contribution is 0.398. The first-order chi connectivity index (χ1) is 7.34. The minimum Gasteiger partial charge on any atom is -0.312 e. The van der Waals surface area contributed by atoms with Crippen molar-refractivity contribution in [2.24, 2.45) is 0 Å². The van der Waals surface area contributed by atoms with Gasteiger partial charge in [0.1, 0.15) is 0 Å². The summed E-state index contributed by atoms with van der Waals surface area (Å²) in [6.45, 7) is 3.54. The van der Waals surface area contributed by atoms with Gasteiger partial charge in [0.15, 0.2) is 0 Å². The van der Waals surface area contributed by atoms with E-state index in [0.29, 0.717) is 6.04 Å². The van der Waals surface area contributed by atoms with Gasteiger partial charge in [0.25, 0.3) is 0 Å². The number of hydrogen-bond acceptors (Lipinski definition) is 2. The number of nitrogens with one attached hydrogen (secondary N) is 1. The maximum Gasteiger partial charge on any atom is 0.0207 e. The van der Waals surface area contributed by atoms with Crippen LogP contribution in [0.4, 0.5) is 0 Å². The molecule has 0 bridgehead atoms. The Morgan fingerprint density at radius 3 is 2.80 bits per heavy atom. The fourth-order valence-electron chi connectivity index (χ4n) is 2.17. The van der Waals surface area contributed by atoms with Crippen LogP contribution in [0.1, 0.15) is 12.0 Å². The molecule has 82 valence electrons. The summed E-state index contributed by atoms with van der Waals surface area (Å²) in [5.74, 6) is 0. The minimum absolute atomic E-state index is 0.707. The molecule has 2 rings (SSSR count). The molecular weight excluding hydrogens is 184 g/mol. The highest BCUT2D eigenvalue weighted by molar-refractivity contribution is 5.14. The zero-order valence-electron chi connectivity index (χ0n) is 9.45. The topological polar surface area (TPSA) is 15.3 Å². The lowest BCUT2D eigenvalue weighted by atomic mass is 10.1. The van der Waals surface area contributed by atoms with Gasteiger partial charge in [-0.3, -0.25) is 0 Å². The summed E-state index contributed by atoms with van der Waals surface area (Å²) in [7, 11) is 2.19. The van der Waals surface area contributed by atoms with Gasteiger partial charge in [-0.15, -0.1) is 0 Å². The highest BCUT2D eigenvalue weighted by Gasteiger charge is 2.17. The molecule has 0 amide bonds. The van der Waals surface area contributed by atoms with Crippen LogP contribution < -0.4 is 5.32 Å². The summed E-state index contributed by atoms with van der Waals surface area (Å²) in [4.78, 5) is 2.39. The number of rotatable bonds is 4. The maximum absolute atomic E-state index is 3.62. The number of hydrogen-bond donors (Lipinski definition) is 1. The molecule has 0 unspecified atom stereocenters. The molecule has 1 fully saturated rings. The molecule has 1 heterocycles. The molecule has 0 radical (unpaired) electrons. The Bertz CT molecular complexity index is 284. The zero-order chi connectivity index (χ0) is 10.5. The van der Waals surface area contributed by atoms with Crippen LogP contribution in [0.25, 0.3) is 0 Å². The van der Waals surface area contributed by atoms with E-state index in [2.05, 4.69) is 47.6 Å². The van der Waals surface area contributed by atoms with Gasteiger partial charge in [-0.05, 0) is 38.5 Å². The Labute approximate surface area is 92.3 Å². The monoisotopic (exact) mass is 204 g/mol. The van der Waals surface area contributed by atoms with E-state index in [4.69, 9.17) is 0 Å². The maximum atomic E-state index is 3.62. The molecule has 1 aliphatic rings. The molecule has 1 aromatic rings. The smallest absolute Gasteiger partial charge is 0.0207 e. The van der Waals surface area contributed by atoms with Gasteiger partial charge >= 0.3 is 0 Å². The largest absolute Gasteiger partial charge is 0.312 e. The summed E-state index contributed by atoms with van der Waals surface area (Å²) >= 11 is 0. The Balaban J connectivity index is 1.67. The normalized spacial score (nSPS) is 22.1. The number of likely N-dealkylation sites (tertiary alicyclic amines) is 1. The van der Waals surface area contributed by atoms with E-state index in [1.807, 2.05) is 0 Å². The summed E-state index contributed by atoms with van der Waals surface area (Å²) in [6.07, 6.45) is 2.44. The van der Waals surface area contributed by atoms with Crippen LogP contribution in [0.15, 0.2) is 30.3 Å². The van der Waals surface area contributed by atoms with E-state index in [9.17, 15) is 0 Å². The third-order valence-corrected chi connectivity index (χ3v) is 3.08. The van der Waals surface area contributed by atoms with Crippen molar-refractivity contribution < 1.29 is 0 Å². The van der Waals surface area contributed by atoms with Gasteiger partial charge in [-0.1, -0.05) is 30.3 Å². The van der Waals surface area contributed by atoms with E-state index in [-0.39, 0.29) is 0 Å². The van der Waals surface area contributed by atoms with E-state index in [1.165, 1.54) is 25.1 Å². The van der Waals surface area contributed by atoms with Crippen molar-refractivity contribution in [2.45, 2.75) is 18.9 Å². The second-order valence-corrected chi connectivity index (χ2v) is 4.44. The zero-order valence-corrected chi connectivity index (χ0v) is 9.45. The standard InChI is InChI=1S/C13H20N2/c1-15-10-8-13(11-15)14-9-7-12-5-3-2-4-6-12/h2-6,13-14H,7-11H2,1H3/t13-/m0/s1. The first-order valence-corrected chi connectivity index (χ1v) is 5.80. The lowest BCUT2D eigenvalue weighted by Gasteiger charge is -2.12. The third kappa shape index (κ3) is 3.33. The first-order valence-electron chi connectivity index (χ1n) is 5.80. The van der Waals surface area contributed by atoms with Crippen LogP contribution in [0.5, 0.6) is 0 Å². The molecule has 1 aliphatic heterocycles. The van der Waals surface area contributed by atoms with Gasteiger partial charge in [-0.2, -0.15) is 0 Å². The summed E-state index contributed by atoms with van der Waals surface area (Å²) < 4.78 is 0. The van der Waals surface area contributed by atoms with Crippen LogP contribution in [-0.4, -0.2) is 37.6 Å². The molecule has 0 aliphatic carbocycles. The van der Waals surface area contributed by atoms with Crippen molar-refractivity contribution in [3.8, 4) is 0 Å². The molecule has 0 aromatic heterocycles. The van der Waals surface area contributed by atoms with Crippen LogP contribution in [0.3, 0.4) is 0 Å². The average Bonchev–Trinajstić information content (AvgIpc) is 2.66. The van der Waals surface area contributed by atoms with Gasteiger partial charge in [0.05, 0.1) is 0 Å². The molecule has 15 heavy (non-hydrogen) atoms. The van der Waals surface area contributed by atoms with Crippen LogP contribution >= 0.6 is 0 Å². The molecule has 0 spiro atoms. The quantitative estimate of drug-likeness (QED) is 0.800. The third-order valence-electron chi connectivity index (χ3n) is 3.08. The fraction of sp³-hybridized carbons (Fsp3) is 0.538. The number of nitrogens with zero attached hydrogens (tertiary/aromatic N) is 1. The van der Waals surface area contributed by atoms with E-state index < -0.39 is 0 Å². The highest BCUT2D eigenvalue weighted by Crippen LogP contribution is 2.06. The highest BCUT2D eigenvalue weighted by atomic mass is 15.2. The van der Waals surface area contributed by atoms with Gasteiger partial charge in [0, 0.05) is 12.6 Å². The van der Waals surface area contributed by atoms with E-state index in [0.717, 1.165) is 13.0 Å². The average molecular weight is 204 g/mol. The Morgan fingerprint density at radius 2 is 2.13 bits per heavy atom. The summed E-state index contributed by atoms with van der Waals surface area (Å²) in [5.41, 5.74) is 1.43. The number of benzene rings is 1. The number of likely N-dealkylation sites (N-methyl/N-ethyl adjacent to an activating group) is 1. The van der Waals surface area contributed by atoms with Crippen molar-refractivity contribution >= 4 is 0 Å². The first kappa shape index (κ1) is 10.7. The molecule has 1 atom stereocenters.